The van der Waals surface area contributed by atoms with Crippen molar-refractivity contribution in [2.24, 2.45) is 0 Å². The van der Waals surface area contributed by atoms with Gasteiger partial charge in [-0.3, -0.25) is 4.98 Å². The number of rotatable bonds is 5. The number of hydrogen-bond acceptors (Lipinski definition) is 6. The minimum atomic E-state index is -5.91. The minimum Gasteiger partial charge on any atom is -0.462 e. The zero-order valence-electron chi connectivity index (χ0n) is 14.4. The van der Waals surface area contributed by atoms with E-state index in [-0.39, 0.29) is 34.0 Å². The van der Waals surface area contributed by atoms with Gasteiger partial charge in [0.15, 0.2) is 5.75 Å². The summed E-state index contributed by atoms with van der Waals surface area (Å²) in [6.45, 7) is 5.24. The fourth-order valence-corrected chi connectivity index (χ4v) is 3.15. The van der Waals surface area contributed by atoms with E-state index in [9.17, 15) is 26.4 Å². The highest BCUT2D eigenvalue weighted by Crippen LogP contribution is 2.37. The predicted molar refractivity (Wildman–Crippen MR) is 92.4 cm³/mol. The topological polar surface area (TPSA) is 82.6 Å². The van der Waals surface area contributed by atoms with E-state index >= 15 is 0 Å². The highest BCUT2D eigenvalue weighted by molar-refractivity contribution is 7.88. The lowest BCUT2D eigenvalue weighted by Crippen LogP contribution is -2.28. The smallest absolute Gasteiger partial charge is 0.462 e. The fourth-order valence-electron chi connectivity index (χ4n) is 2.44. The van der Waals surface area contributed by atoms with Crippen LogP contribution in [0.4, 0.5) is 13.2 Å². The lowest BCUT2D eigenvalue weighted by Gasteiger charge is -2.16. The first-order valence-corrected chi connectivity index (χ1v) is 9.47. The number of carbonyl (C=O) groups is 1. The molecule has 2 aromatic rings. The molecule has 1 heterocycles. The molecule has 0 aliphatic carbocycles. The molecule has 0 spiro atoms. The van der Waals surface area contributed by atoms with Crippen molar-refractivity contribution in [1.82, 2.24) is 4.98 Å². The van der Waals surface area contributed by atoms with Crippen molar-refractivity contribution in [1.29, 1.82) is 0 Å². The molecule has 0 aliphatic rings. The van der Waals surface area contributed by atoms with Crippen LogP contribution in [0, 0.1) is 0 Å². The van der Waals surface area contributed by atoms with Gasteiger partial charge in [-0.2, -0.15) is 21.6 Å². The van der Waals surface area contributed by atoms with Gasteiger partial charge in [-0.25, -0.2) is 4.79 Å². The molecule has 0 aliphatic heterocycles. The second-order valence-corrected chi connectivity index (χ2v) is 7.69. The van der Waals surface area contributed by atoms with Gasteiger partial charge in [-0.05, 0) is 30.5 Å². The average Bonchev–Trinajstić information content (AvgIpc) is 2.53. The van der Waals surface area contributed by atoms with Gasteiger partial charge in [-0.15, -0.1) is 0 Å². The first kappa shape index (κ1) is 21.2. The predicted octanol–water partition coefficient (Wildman–Crippen LogP) is 4.42. The van der Waals surface area contributed by atoms with Crippen LogP contribution in [0.1, 0.15) is 42.6 Å². The highest BCUT2D eigenvalue weighted by atomic mass is 35.5. The number of aromatic nitrogens is 1. The van der Waals surface area contributed by atoms with Gasteiger partial charge in [0.05, 0.1) is 22.7 Å². The fraction of sp³-hybridized carbons (Fsp3) is 0.375. The quantitative estimate of drug-likeness (QED) is 0.400. The maximum absolute atomic E-state index is 12.6. The van der Waals surface area contributed by atoms with E-state index in [1.807, 2.05) is 0 Å². The molecule has 2 rings (SSSR count). The van der Waals surface area contributed by atoms with Crippen LogP contribution in [0.15, 0.2) is 18.3 Å². The molecule has 11 heteroatoms. The number of nitrogens with zero attached hydrogens (tertiary/aromatic N) is 1. The molecular formula is C16H15ClF3NO5S. The molecule has 27 heavy (non-hydrogen) atoms. The lowest BCUT2D eigenvalue weighted by molar-refractivity contribution is -0.0500. The molecule has 0 bridgehead atoms. The summed E-state index contributed by atoms with van der Waals surface area (Å²) in [5, 5.41) is -0.145. The maximum atomic E-state index is 12.6. The summed E-state index contributed by atoms with van der Waals surface area (Å²) in [4.78, 5) is 16.2. The molecule has 0 saturated carbocycles. The monoisotopic (exact) mass is 425 g/mol. The molecule has 1 aromatic heterocycles. The molecule has 148 valence electrons. The van der Waals surface area contributed by atoms with E-state index in [0.29, 0.717) is 5.56 Å². The van der Waals surface area contributed by atoms with E-state index in [1.165, 1.54) is 12.3 Å². The van der Waals surface area contributed by atoms with Crippen LogP contribution in [0.5, 0.6) is 5.75 Å². The molecule has 0 fully saturated rings. The molecule has 0 unspecified atom stereocenters. The first-order chi connectivity index (χ1) is 12.4. The summed E-state index contributed by atoms with van der Waals surface area (Å²) in [6, 6.07) is 2.19. The van der Waals surface area contributed by atoms with Gasteiger partial charge in [0.25, 0.3) is 0 Å². The number of pyridine rings is 1. The summed E-state index contributed by atoms with van der Waals surface area (Å²) < 4.78 is 69.5. The zero-order chi connectivity index (χ0) is 20.6. The number of halogens is 4. The summed E-state index contributed by atoms with van der Waals surface area (Å²) in [6.07, 6.45) is 1.28. The number of carbonyl (C=O) groups excluding carboxylic acids is 1. The van der Waals surface area contributed by atoms with Crippen LogP contribution in [0.25, 0.3) is 10.9 Å². The van der Waals surface area contributed by atoms with E-state index in [0.717, 1.165) is 6.07 Å². The van der Waals surface area contributed by atoms with Crippen molar-refractivity contribution in [3.63, 3.8) is 0 Å². The van der Waals surface area contributed by atoms with Crippen LogP contribution in [-0.2, 0) is 14.9 Å². The SMILES string of the molecule is CCOC(=O)c1cnc2cc(Cl)c(OS(=O)(=O)C(F)(F)F)cc2c1C(C)C. The Labute approximate surface area is 158 Å². The Morgan fingerprint density at radius 2 is 1.93 bits per heavy atom. The van der Waals surface area contributed by atoms with Gasteiger partial charge >= 0.3 is 21.6 Å². The van der Waals surface area contributed by atoms with Crippen molar-refractivity contribution < 1.29 is 35.3 Å². The summed E-state index contributed by atoms with van der Waals surface area (Å²) in [5.74, 6) is -1.63. The molecule has 6 nitrogen and oxygen atoms in total. The van der Waals surface area contributed by atoms with Gasteiger partial charge in [-0.1, -0.05) is 25.4 Å². The Morgan fingerprint density at radius 3 is 2.44 bits per heavy atom. The van der Waals surface area contributed by atoms with Crippen LogP contribution >= 0.6 is 11.6 Å². The van der Waals surface area contributed by atoms with E-state index in [4.69, 9.17) is 16.3 Å². The Kier molecular flexibility index (Phi) is 5.91. The minimum absolute atomic E-state index is 0.117. The third kappa shape index (κ3) is 4.27. The third-order valence-corrected chi connectivity index (χ3v) is 4.78. The van der Waals surface area contributed by atoms with E-state index in [2.05, 4.69) is 9.17 Å². The molecule has 0 atom stereocenters. The largest absolute Gasteiger partial charge is 0.534 e. The van der Waals surface area contributed by atoms with Crippen molar-refractivity contribution in [2.45, 2.75) is 32.2 Å². The molecule has 1 aromatic carbocycles. The summed E-state index contributed by atoms with van der Waals surface area (Å²) in [5.41, 5.74) is -4.82. The Balaban J connectivity index is 2.72. The number of hydrogen-bond donors (Lipinski definition) is 0. The number of ether oxygens (including phenoxy) is 1. The molecule has 0 radical (unpaired) electrons. The number of fused-ring (bicyclic) bond motifs is 1. The third-order valence-electron chi connectivity index (χ3n) is 3.52. The molecule has 0 saturated heterocycles. The number of benzene rings is 1. The summed E-state index contributed by atoms with van der Waals surface area (Å²) in [7, 11) is -5.91. The molecular weight excluding hydrogens is 411 g/mol. The van der Waals surface area contributed by atoms with Gasteiger partial charge < -0.3 is 8.92 Å². The van der Waals surface area contributed by atoms with Crippen molar-refractivity contribution in [2.75, 3.05) is 6.61 Å². The standard InChI is InChI=1S/C16H15ClF3NO5S/c1-4-25-15(22)10-7-21-12-6-11(17)13(5-9(12)14(10)8(2)3)26-27(23,24)16(18,19)20/h5-8H,4H2,1-3H3. The Morgan fingerprint density at radius 1 is 1.30 bits per heavy atom. The average molecular weight is 426 g/mol. The maximum Gasteiger partial charge on any atom is 0.534 e. The number of esters is 1. The highest BCUT2D eigenvalue weighted by Gasteiger charge is 2.48. The van der Waals surface area contributed by atoms with E-state index < -0.39 is 27.3 Å². The normalized spacial score (nSPS) is 12.4. The summed E-state index contributed by atoms with van der Waals surface area (Å²) >= 11 is 5.85. The molecule has 0 N–H and O–H groups in total. The van der Waals surface area contributed by atoms with Crippen LogP contribution in [-0.4, -0.2) is 31.5 Å². The molecule has 0 amide bonds. The van der Waals surface area contributed by atoms with Crippen LogP contribution < -0.4 is 4.18 Å². The van der Waals surface area contributed by atoms with Crippen LogP contribution in [0.3, 0.4) is 0 Å². The Hall–Kier alpha value is -2.07. The Bertz CT molecular complexity index is 990. The van der Waals surface area contributed by atoms with Gasteiger partial charge in [0, 0.05) is 11.6 Å². The van der Waals surface area contributed by atoms with Crippen molar-refractivity contribution in [3.05, 3.63) is 34.5 Å². The lowest BCUT2D eigenvalue weighted by atomic mass is 9.94. The second-order valence-electron chi connectivity index (χ2n) is 5.74. The van der Waals surface area contributed by atoms with Crippen LogP contribution in [0.2, 0.25) is 5.02 Å². The second kappa shape index (κ2) is 7.51. The number of alkyl halides is 3. The van der Waals surface area contributed by atoms with Gasteiger partial charge in [0.2, 0.25) is 0 Å². The van der Waals surface area contributed by atoms with Crippen molar-refractivity contribution in [3.8, 4) is 5.75 Å². The van der Waals surface area contributed by atoms with E-state index in [1.54, 1.807) is 20.8 Å². The first-order valence-electron chi connectivity index (χ1n) is 7.69. The van der Waals surface area contributed by atoms with Crippen molar-refractivity contribution >= 4 is 38.6 Å². The van der Waals surface area contributed by atoms with Gasteiger partial charge in [0.1, 0.15) is 0 Å². The zero-order valence-corrected chi connectivity index (χ0v) is 16.0.